The maximum atomic E-state index is 10.9. The van der Waals surface area contributed by atoms with E-state index >= 15 is 0 Å². The van der Waals surface area contributed by atoms with Crippen LogP contribution in [-0.2, 0) is 17.6 Å². The molecular weight excluding hydrogens is 204 g/mol. The number of carbonyl (C=O) groups excluding carboxylic acids is 1. The van der Waals surface area contributed by atoms with Crippen LogP contribution >= 0.6 is 11.3 Å². The summed E-state index contributed by atoms with van der Waals surface area (Å²) in [6, 6.07) is 2.19. The van der Waals surface area contributed by atoms with Gasteiger partial charge >= 0.3 is 0 Å². The van der Waals surface area contributed by atoms with Gasteiger partial charge in [-0.05, 0) is 36.8 Å². The third-order valence-corrected chi connectivity index (χ3v) is 3.44. The molecule has 0 aromatic carbocycles. The van der Waals surface area contributed by atoms with Crippen molar-refractivity contribution in [3.63, 3.8) is 0 Å². The highest BCUT2D eigenvalue weighted by atomic mass is 32.1. The number of aryl methyl sites for hydroxylation is 1. The molecule has 0 bridgehead atoms. The Kier molecular flexibility index (Phi) is 5.62. The lowest BCUT2D eigenvalue weighted by atomic mass is 10.1. The second kappa shape index (κ2) is 6.78. The van der Waals surface area contributed by atoms with Crippen LogP contribution < -0.4 is 0 Å². The summed E-state index contributed by atoms with van der Waals surface area (Å²) < 4.78 is 0. The van der Waals surface area contributed by atoms with Crippen LogP contribution in [0.4, 0.5) is 0 Å². The Morgan fingerprint density at radius 3 is 2.80 bits per heavy atom. The molecule has 1 nitrogen and oxygen atoms in total. The standard InChI is InChI=1S/C13H20OS/c1-3-4-5-6-7-12-9-13(15-10-12)8-11(2)14/h9-10H,3-8H2,1-2H3. The van der Waals surface area contributed by atoms with Gasteiger partial charge in [0, 0.05) is 11.3 Å². The molecule has 0 radical (unpaired) electrons. The molecule has 0 saturated carbocycles. The van der Waals surface area contributed by atoms with Gasteiger partial charge in [0.2, 0.25) is 0 Å². The fraction of sp³-hybridized carbons (Fsp3) is 0.615. The number of hydrogen-bond acceptors (Lipinski definition) is 2. The van der Waals surface area contributed by atoms with E-state index in [4.69, 9.17) is 0 Å². The average molecular weight is 224 g/mol. The van der Waals surface area contributed by atoms with E-state index in [0.717, 1.165) is 0 Å². The molecule has 0 N–H and O–H groups in total. The van der Waals surface area contributed by atoms with Gasteiger partial charge in [-0.2, -0.15) is 0 Å². The van der Waals surface area contributed by atoms with Gasteiger partial charge in [0.1, 0.15) is 5.78 Å². The van der Waals surface area contributed by atoms with E-state index in [9.17, 15) is 4.79 Å². The zero-order valence-corrected chi connectivity index (χ0v) is 10.5. The second-order valence-electron chi connectivity index (χ2n) is 4.11. The van der Waals surface area contributed by atoms with E-state index in [1.54, 1.807) is 18.3 Å². The molecule has 84 valence electrons. The van der Waals surface area contributed by atoms with Crippen LogP contribution in [0.25, 0.3) is 0 Å². The van der Waals surface area contributed by atoms with Gasteiger partial charge in [-0.1, -0.05) is 26.2 Å². The van der Waals surface area contributed by atoms with E-state index in [2.05, 4.69) is 18.4 Å². The quantitative estimate of drug-likeness (QED) is 0.640. The summed E-state index contributed by atoms with van der Waals surface area (Å²) in [6.07, 6.45) is 7.02. The summed E-state index contributed by atoms with van der Waals surface area (Å²) in [5.41, 5.74) is 1.41. The molecule has 0 saturated heterocycles. The minimum absolute atomic E-state index is 0.259. The van der Waals surface area contributed by atoms with Gasteiger partial charge in [-0.25, -0.2) is 0 Å². The minimum atomic E-state index is 0.259. The Bertz CT molecular complexity index is 301. The number of ketones is 1. The molecule has 2 heteroatoms. The second-order valence-corrected chi connectivity index (χ2v) is 5.11. The Balaban J connectivity index is 2.29. The molecule has 15 heavy (non-hydrogen) atoms. The molecule has 0 fully saturated rings. The first-order valence-electron chi connectivity index (χ1n) is 5.78. The van der Waals surface area contributed by atoms with Crippen molar-refractivity contribution in [2.24, 2.45) is 0 Å². The fourth-order valence-corrected chi connectivity index (χ4v) is 2.65. The number of thiophene rings is 1. The van der Waals surface area contributed by atoms with Crippen molar-refractivity contribution in [1.82, 2.24) is 0 Å². The summed E-state index contributed by atoms with van der Waals surface area (Å²) in [7, 11) is 0. The summed E-state index contributed by atoms with van der Waals surface area (Å²) >= 11 is 1.72. The lowest BCUT2D eigenvalue weighted by Gasteiger charge is -1.96. The van der Waals surface area contributed by atoms with E-state index in [1.807, 2.05) is 0 Å². The largest absolute Gasteiger partial charge is 0.300 e. The molecule has 0 atom stereocenters. The third kappa shape index (κ3) is 5.12. The zero-order chi connectivity index (χ0) is 11.1. The monoisotopic (exact) mass is 224 g/mol. The van der Waals surface area contributed by atoms with Crippen LogP contribution in [0.5, 0.6) is 0 Å². The van der Waals surface area contributed by atoms with Crippen molar-refractivity contribution >= 4 is 17.1 Å². The molecule has 1 aromatic rings. The third-order valence-electron chi connectivity index (χ3n) is 2.45. The summed E-state index contributed by atoms with van der Waals surface area (Å²) in [4.78, 5) is 12.1. The number of hydrogen-bond donors (Lipinski definition) is 0. The predicted octanol–water partition coefficient (Wildman–Crippen LogP) is 4.00. The topological polar surface area (TPSA) is 17.1 Å². The number of Topliss-reactive ketones (excluding diaryl/α,β-unsaturated/α-hetero) is 1. The Labute approximate surface area is 96.5 Å². The molecule has 0 aliphatic heterocycles. The first-order valence-corrected chi connectivity index (χ1v) is 6.66. The highest BCUT2D eigenvalue weighted by Crippen LogP contribution is 2.18. The minimum Gasteiger partial charge on any atom is -0.300 e. The molecule has 1 aromatic heterocycles. The van der Waals surface area contributed by atoms with Crippen molar-refractivity contribution in [1.29, 1.82) is 0 Å². The van der Waals surface area contributed by atoms with Gasteiger partial charge in [0.05, 0.1) is 0 Å². The molecule has 0 spiro atoms. The maximum absolute atomic E-state index is 10.9. The molecule has 0 unspecified atom stereocenters. The van der Waals surface area contributed by atoms with Gasteiger partial charge in [-0.3, -0.25) is 4.79 Å². The molecule has 1 rings (SSSR count). The predicted molar refractivity (Wildman–Crippen MR) is 66.6 cm³/mol. The van der Waals surface area contributed by atoms with E-state index in [0.29, 0.717) is 6.42 Å². The number of carbonyl (C=O) groups is 1. The fourth-order valence-electron chi connectivity index (χ4n) is 1.65. The van der Waals surface area contributed by atoms with Crippen molar-refractivity contribution < 1.29 is 4.79 Å². The Hall–Kier alpha value is -0.630. The van der Waals surface area contributed by atoms with Crippen LogP contribution in [0, 0.1) is 0 Å². The Morgan fingerprint density at radius 2 is 2.13 bits per heavy atom. The van der Waals surface area contributed by atoms with Crippen molar-refractivity contribution in [2.75, 3.05) is 0 Å². The van der Waals surface area contributed by atoms with Crippen LogP contribution in [0.2, 0.25) is 0 Å². The normalized spacial score (nSPS) is 10.5. The van der Waals surface area contributed by atoms with E-state index in [-0.39, 0.29) is 5.78 Å². The lowest BCUT2D eigenvalue weighted by molar-refractivity contribution is -0.116. The van der Waals surface area contributed by atoms with Gasteiger partial charge in [0.25, 0.3) is 0 Å². The summed E-state index contributed by atoms with van der Waals surface area (Å²) in [5, 5.41) is 2.20. The highest BCUT2D eigenvalue weighted by molar-refractivity contribution is 7.10. The van der Waals surface area contributed by atoms with Crippen molar-refractivity contribution in [3.8, 4) is 0 Å². The first kappa shape index (κ1) is 12.4. The van der Waals surface area contributed by atoms with Gasteiger partial charge in [0.15, 0.2) is 0 Å². The van der Waals surface area contributed by atoms with Crippen LogP contribution in [0.3, 0.4) is 0 Å². The molecule has 0 aliphatic rings. The summed E-state index contributed by atoms with van der Waals surface area (Å²) in [5.74, 6) is 0.259. The molecule has 0 aliphatic carbocycles. The lowest BCUT2D eigenvalue weighted by Crippen LogP contribution is -1.92. The van der Waals surface area contributed by atoms with Gasteiger partial charge in [-0.15, -0.1) is 11.3 Å². The highest BCUT2D eigenvalue weighted by Gasteiger charge is 2.02. The average Bonchev–Trinajstić information content (AvgIpc) is 2.59. The SMILES string of the molecule is CCCCCCc1csc(CC(C)=O)c1. The van der Waals surface area contributed by atoms with Gasteiger partial charge < -0.3 is 0 Å². The van der Waals surface area contributed by atoms with Crippen molar-refractivity contribution in [3.05, 3.63) is 21.9 Å². The van der Waals surface area contributed by atoms with Crippen LogP contribution in [-0.4, -0.2) is 5.78 Å². The first-order chi connectivity index (χ1) is 7.22. The van der Waals surface area contributed by atoms with Crippen LogP contribution in [0.15, 0.2) is 11.4 Å². The smallest absolute Gasteiger partial charge is 0.135 e. The van der Waals surface area contributed by atoms with E-state index in [1.165, 1.54) is 42.5 Å². The Morgan fingerprint density at radius 1 is 1.33 bits per heavy atom. The summed E-state index contributed by atoms with van der Waals surface area (Å²) in [6.45, 7) is 3.89. The molecular formula is C13H20OS. The molecule has 1 heterocycles. The number of rotatable bonds is 7. The maximum Gasteiger partial charge on any atom is 0.135 e. The zero-order valence-electron chi connectivity index (χ0n) is 9.71. The van der Waals surface area contributed by atoms with Crippen molar-refractivity contribution in [2.45, 2.75) is 52.4 Å². The van der Waals surface area contributed by atoms with E-state index < -0.39 is 0 Å². The number of unbranched alkanes of at least 4 members (excludes halogenated alkanes) is 3. The molecule has 0 amide bonds. The van der Waals surface area contributed by atoms with Crippen LogP contribution in [0.1, 0.15) is 50.0 Å².